The number of amides is 2. The number of carbonyl (C=O) groups excluding carboxylic acids is 2. The molecule has 0 spiro atoms. The van der Waals surface area contributed by atoms with E-state index in [4.69, 9.17) is 0 Å². The largest absolute Gasteiger partial charge is 0.352 e. The summed E-state index contributed by atoms with van der Waals surface area (Å²) in [5.74, 6) is -0.636. The summed E-state index contributed by atoms with van der Waals surface area (Å²) in [5, 5.41) is 3.08. The summed E-state index contributed by atoms with van der Waals surface area (Å²) in [7, 11) is -3.75. The van der Waals surface area contributed by atoms with E-state index in [1.165, 1.54) is 4.90 Å². The number of anilines is 1. The Morgan fingerprint density at radius 3 is 2.11 bits per heavy atom. The Bertz CT molecular complexity index is 1140. The lowest BCUT2D eigenvalue weighted by molar-refractivity contribution is -0.139. The molecule has 0 heterocycles. The summed E-state index contributed by atoms with van der Waals surface area (Å²) in [6.45, 7) is 7.18. The zero-order chi connectivity index (χ0) is 25.8. The van der Waals surface area contributed by atoms with Crippen molar-refractivity contribution in [3.8, 4) is 0 Å². The first-order chi connectivity index (χ1) is 16.5. The average Bonchev–Trinajstić information content (AvgIpc) is 3.29. The van der Waals surface area contributed by atoms with E-state index in [1.54, 1.807) is 6.92 Å². The maximum absolute atomic E-state index is 13.7. The highest BCUT2D eigenvalue weighted by Crippen LogP contribution is 2.27. The number of para-hydroxylation sites is 1. The minimum atomic E-state index is -3.75. The van der Waals surface area contributed by atoms with E-state index >= 15 is 0 Å². The normalized spacial score (nSPS) is 15.0. The van der Waals surface area contributed by atoms with Crippen LogP contribution in [0.2, 0.25) is 0 Å². The van der Waals surface area contributed by atoms with Gasteiger partial charge in [0.15, 0.2) is 0 Å². The third-order valence-electron chi connectivity index (χ3n) is 6.71. The van der Waals surface area contributed by atoms with Crippen LogP contribution in [-0.4, -0.2) is 50.0 Å². The van der Waals surface area contributed by atoms with Crippen LogP contribution in [-0.2, 0) is 26.2 Å². The molecule has 0 radical (unpaired) electrons. The van der Waals surface area contributed by atoms with Crippen LogP contribution in [0.3, 0.4) is 0 Å². The van der Waals surface area contributed by atoms with Gasteiger partial charge >= 0.3 is 0 Å². The van der Waals surface area contributed by atoms with Gasteiger partial charge in [-0.2, -0.15) is 0 Å². The Hall–Kier alpha value is -2.87. The van der Waals surface area contributed by atoms with Gasteiger partial charge in [-0.3, -0.25) is 13.9 Å². The molecule has 3 rings (SSSR count). The smallest absolute Gasteiger partial charge is 0.244 e. The number of nitrogens with zero attached hydrogens (tertiary/aromatic N) is 2. The van der Waals surface area contributed by atoms with Crippen molar-refractivity contribution in [1.29, 1.82) is 0 Å². The highest BCUT2D eigenvalue weighted by molar-refractivity contribution is 7.92. The van der Waals surface area contributed by atoms with Crippen LogP contribution < -0.4 is 9.62 Å². The molecule has 2 amide bonds. The molecule has 1 unspecified atom stereocenters. The van der Waals surface area contributed by atoms with Crippen molar-refractivity contribution >= 4 is 27.5 Å². The topological polar surface area (TPSA) is 86.8 Å². The van der Waals surface area contributed by atoms with Crippen molar-refractivity contribution < 1.29 is 18.0 Å². The number of nitrogens with one attached hydrogen (secondary N) is 1. The summed E-state index contributed by atoms with van der Waals surface area (Å²) >= 11 is 0. The molecule has 1 aliphatic rings. The molecule has 1 aliphatic carbocycles. The van der Waals surface area contributed by atoms with Crippen LogP contribution in [0.4, 0.5) is 5.69 Å². The number of aryl methyl sites for hydroxylation is 3. The second-order valence-electron chi connectivity index (χ2n) is 9.68. The fourth-order valence-corrected chi connectivity index (χ4v) is 5.60. The number of rotatable bonds is 9. The summed E-state index contributed by atoms with van der Waals surface area (Å²) in [6, 6.07) is 12.7. The van der Waals surface area contributed by atoms with E-state index in [1.807, 2.05) is 63.2 Å². The van der Waals surface area contributed by atoms with E-state index < -0.39 is 22.0 Å². The van der Waals surface area contributed by atoms with E-state index in [2.05, 4.69) is 5.32 Å². The molecule has 190 valence electrons. The minimum Gasteiger partial charge on any atom is -0.352 e. The highest BCUT2D eigenvalue weighted by atomic mass is 32.2. The lowest BCUT2D eigenvalue weighted by atomic mass is 10.1. The number of hydrogen-bond donors (Lipinski definition) is 1. The van der Waals surface area contributed by atoms with E-state index in [9.17, 15) is 18.0 Å². The van der Waals surface area contributed by atoms with E-state index in [-0.39, 0.29) is 25.0 Å². The zero-order valence-corrected chi connectivity index (χ0v) is 22.2. The van der Waals surface area contributed by atoms with Crippen molar-refractivity contribution in [2.24, 2.45) is 0 Å². The van der Waals surface area contributed by atoms with Gasteiger partial charge in [-0.15, -0.1) is 0 Å². The van der Waals surface area contributed by atoms with Crippen molar-refractivity contribution in [2.75, 3.05) is 17.1 Å². The molecule has 0 aliphatic heterocycles. The lowest BCUT2D eigenvalue weighted by Gasteiger charge is -2.33. The first-order valence-corrected chi connectivity index (χ1v) is 14.0. The Labute approximate surface area is 209 Å². The standard InChI is InChI=1S/C27H37N3O4S/c1-19-13-15-23(16-14-19)17-29(22(4)27(32)28-24-11-6-7-12-24)25(31)18-30(35(5,33)34)26-20(2)9-8-10-21(26)3/h8-10,13-16,22,24H,6-7,11-12,17-18H2,1-5H3,(H,28,32). The van der Waals surface area contributed by atoms with Crippen LogP contribution in [0.15, 0.2) is 42.5 Å². The third kappa shape index (κ3) is 6.84. The minimum absolute atomic E-state index is 0.128. The van der Waals surface area contributed by atoms with Gasteiger partial charge in [0.25, 0.3) is 0 Å². The molecule has 35 heavy (non-hydrogen) atoms. The molecule has 0 saturated heterocycles. The Morgan fingerprint density at radius 2 is 1.57 bits per heavy atom. The second-order valence-corrected chi connectivity index (χ2v) is 11.6. The van der Waals surface area contributed by atoms with Crippen LogP contribution in [0.1, 0.15) is 54.9 Å². The number of benzene rings is 2. The first kappa shape index (κ1) is 26.7. The molecule has 1 atom stereocenters. The monoisotopic (exact) mass is 499 g/mol. The predicted molar refractivity (Wildman–Crippen MR) is 140 cm³/mol. The molecule has 2 aromatic rings. The summed E-state index contributed by atoms with van der Waals surface area (Å²) < 4.78 is 26.8. The van der Waals surface area contributed by atoms with Gasteiger partial charge < -0.3 is 10.2 Å². The summed E-state index contributed by atoms with van der Waals surface area (Å²) in [4.78, 5) is 28.3. The number of hydrogen-bond acceptors (Lipinski definition) is 4. The maximum Gasteiger partial charge on any atom is 0.244 e. The summed E-state index contributed by atoms with van der Waals surface area (Å²) in [6.07, 6.45) is 5.17. The van der Waals surface area contributed by atoms with Crippen LogP contribution >= 0.6 is 0 Å². The third-order valence-corrected chi connectivity index (χ3v) is 7.82. The van der Waals surface area contributed by atoms with Crippen molar-refractivity contribution in [2.45, 2.75) is 72.0 Å². The quantitative estimate of drug-likeness (QED) is 0.568. The fraction of sp³-hybridized carbons (Fsp3) is 0.481. The highest BCUT2D eigenvalue weighted by Gasteiger charge is 2.32. The van der Waals surface area contributed by atoms with Crippen molar-refractivity contribution in [3.63, 3.8) is 0 Å². The Balaban J connectivity index is 1.91. The van der Waals surface area contributed by atoms with Gasteiger partial charge in [-0.25, -0.2) is 8.42 Å². The molecule has 0 bridgehead atoms. The molecule has 2 aromatic carbocycles. The second kappa shape index (κ2) is 11.2. The van der Waals surface area contributed by atoms with E-state index in [0.717, 1.165) is 58.5 Å². The predicted octanol–water partition coefficient (Wildman–Crippen LogP) is 3.85. The van der Waals surface area contributed by atoms with Crippen molar-refractivity contribution in [3.05, 3.63) is 64.7 Å². The zero-order valence-electron chi connectivity index (χ0n) is 21.4. The van der Waals surface area contributed by atoms with Gasteiger partial charge in [0.2, 0.25) is 21.8 Å². The maximum atomic E-state index is 13.7. The molecule has 0 aromatic heterocycles. The van der Waals surface area contributed by atoms with Gasteiger partial charge in [-0.1, -0.05) is 60.9 Å². The van der Waals surface area contributed by atoms with E-state index in [0.29, 0.717) is 5.69 Å². The number of carbonyl (C=O) groups is 2. The molecule has 1 N–H and O–H groups in total. The van der Waals surface area contributed by atoms with Crippen LogP contribution in [0.5, 0.6) is 0 Å². The van der Waals surface area contributed by atoms with Crippen LogP contribution in [0, 0.1) is 20.8 Å². The molecular weight excluding hydrogens is 462 g/mol. The van der Waals surface area contributed by atoms with Gasteiger partial charge in [0.1, 0.15) is 12.6 Å². The van der Waals surface area contributed by atoms with Crippen LogP contribution in [0.25, 0.3) is 0 Å². The molecule has 8 heteroatoms. The molecule has 1 saturated carbocycles. The lowest BCUT2D eigenvalue weighted by Crippen LogP contribution is -2.52. The van der Waals surface area contributed by atoms with Gasteiger partial charge in [0.05, 0.1) is 11.9 Å². The van der Waals surface area contributed by atoms with Gasteiger partial charge in [-0.05, 0) is 57.2 Å². The SMILES string of the molecule is Cc1ccc(CN(C(=O)CN(c2c(C)cccc2C)S(C)(=O)=O)C(C)C(=O)NC2CCCC2)cc1. The molecule has 7 nitrogen and oxygen atoms in total. The summed E-state index contributed by atoms with van der Waals surface area (Å²) in [5.41, 5.74) is 4.00. The van der Waals surface area contributed by atoms with Gasteiger partial charge in [0, 0.05) is 12.6 Å². The Morgan fingerprint density at radius 1 is 1.00 bits per heavy atom. The first-order valence-electron chi connectivity index (χ1n) is 12.2. The Kier molecular flexibility index (Phi) is 8.59. The average molecular weight is 500 g/mol. The fourth-order valence-electron chi connectivity index (χ4n) is 4.64. The molecular formula is C27H37N3O4S. The molecule has 1 fully saturated rings. The van der Waals surface area contributed by atoms with Crippen molar-refractivity contribution in [1.82, 2.24) is 10.2 Å². The number of sulfonamides is 1.